The van der Waals surface area contributed by atoms with Crippen LogP contribution < -0.4 is 10.6 Å². The number of rotatable bonds is 6. The van der Waals surface area contributed by atoms with Gasteiger partial charge in [0, 0.05) is 13.0 Å². The molecule has 0 radical (unpaired) electrons. The Morgan fingerprint density at radius 3 is 2.73 bits per heavy atom. The second-order valence-electron chi connectivity index (χ2n) is 6.37. The molecule has 22 heavy (non-hydrogen) atoms. The molecule has 1 aliphatic heterocycles. The van der Waals surface area contributed by atoms with Gasteiger partial charge in [0.2, 0.25) is 5.91 Å². The van der Waals surface area contributed by atoms with Crippen LogP contribution in [0, 0.1) is 18.8 Å². The van der Waals surface area contributed by atoms with E-state index in [1.54, 1.807) is 0 Å². The van der Waals surface area contributed by atoms with Crippen LogP contribution in [-0.4, -0.2) is 25.5 Å². The number of aryl methyl sites for hydroxylation is 1. The van der Waals surface area contributed by atoms with Gasteiger partial charge in [0.15, 0.2) is 0 Å². The molecular weight excluding hydrogens is 296 g/mol. The summed E-state index contributed by atoms with van der Waals surface area (Å²) in [7, 11) is 0. The highest BCUT2D eigenvalue weighted by molar-refractivity contribution is 5.85. The third-order valence-corrected chi connectivity index (χ3v) is 4.50. The van der Waals surface area contributed by atoms with Crippen molar-refractivity contribution in [2.24, 2.45) is 11.8 Å². The summed E-state index contributed by atoms with van der Waals surface area (Å²) in [5, 5.41) is 6.48. The quantitative estimate of drug-likeness (QED) is 0.844. The number of benzene rings is 1. The van der Waals surface area contributed by atoms with Gasteiger partial charge in [-0.05, 0) is 56.7 Å². The van der Waals surface area contributed by atoms with Crippen molar-refractivity contribution in [3.05, 3.63) is 35.4 Å². The standard InChI is InChI=1S/C18H28N2O.ClH/c1-14-5-7-16(8-6-14)9-11-20-18(21)12-15(2)17-4-3-10-19-13-17;/h5-8,15,17,19H,3-4,9-13H2,1-2H3,(H,20,21);1H. The summed E-state index contributed by atoms with van der Waals surface area (Å²) in [5.74, 6) is 1.32. The summed E-state index contributed by atoms with van der Waals surface area (Å²) >= 11 is 0. The summed E-state index contributed by atoms with van der Waals surface area (Å²) < 4.78 is 0. The molecule has 4 heteroatoms. The highest BCUT2D eigenvalue weighted by Gasteiger charge is 2.21. The molecule has 0 bridgehead atoms. The Kier molecular flexibility index (Phi) is 8.51. The largest absolute Gasteiger partial charge is 0.356 e. The lowest BCUT2D eigenvalue weighted by atomic mass is 9.85. The van der Waals surface area contributed by atoms with E-state index in [-0.39, 0.29) is 18.3 Å². The lowest BCUT2D eigenvalue weighted by Gasteiger charge is -2.28. The summed E-state index contributed by atoms with van der Waals surface area (Å²) in [5.41, 5.74) is 2.56. The van der Waals surface area contributed by atoms with Gasteiger partial charge in [0.1, 0.15) is 0 Å². The van der Waals surface area contributed by atoms with Crippen molar-refractivity contribution in [2.75, 3.05) is 19.6 Å². The Bertz CT molecular complexity index is 441. The van der Waals surface area contributed by atoms with Crippen molar-refractivity contribution in [3.63, 3.8) is 0 Å². The van der Waals surface area contributed by atoms with Gasteiger partial charge in [-0.3, -0.25) is 4.79 Å². The predicted octanol–water partition coefficient (Wildman–Crippen LogP) is 3.10. The lowest BCUT2D eigenvalue weighted by molar-refractivity contribution is -0.122. The second kappa shape index (κ2) is 9.86. The van der Waals surface area contributed by atoms with Crippen LogP contribution in [0.1, 0.15) is 37.3 Å². The molecule has 1 amide bonds. The van der Waals surface area contributed by atoms with Gasteiger partial charge in [-0.25, -0.2) is 0 Å². The molecule has 1 saturated heterocycles. The molecule has 0 spiro atoms. The van der Waals surface area contributed by atoms with E-state index in [1.165, 1.54) is 24.0 Å². The Labute approximate surface area is 140 Å². The first-order valence-electron chi connectivity index (χ1n) is 8.18. The van der Waals surface area contributed by atoms with Crippen LogP contribution >= 0.6 is 12.4 Å². The number of carbonyl (C=O) groups is 1. The molecule has 0 saturated carbocycles. The van der Waals surface area contributed by atoms with E-state index in [0.717, 1.165) is 26.1 Å². The average Bonchev–Trinajstić information content (AvgIpc) is 2.50. The summed E-state index contributed by atoms with van der Waals surface area (Å²) in [6, 6.07) is 8.51. The van der Waals surface area contributed by atoms with E-state index in [4.69, 9.17) is 0 Å². The fourth-order valence-corrected chi connectivity index (χ4v) is 3.00. The minimum atomic E-state index is 0. The molecule has 1 aliphatic rings. The van der Waals surface area contributed by atoms with Gasteiger partial charge in [0.25, 0.3) is 0 Å². The summed E-state index contributed by atoms with van der Waals surface area (Å²) in [4.78, 5) is 12.0. The minimum absolute atomic E-state index is 0. The topological polar surface area (TPSA) is 41.1 Å². The van der Waals surface area contributed by atoms with Gasteiger partial charge >= 0.3 is 0 Å². The van der Waals surface area contributed by atoms with Crippen LogP contribution in [0.3, 0.4) is 0 Å². The third kappa shape index (κ3) is 6.37. The highest BCUT2D eigenvalue weighted by Crippen LogP contribution is 2.22. The van der Waals surface area contributed by atoms with E-state index in [9.17, 15) is 4.79 Å². The van der Waals surface area contributed by atoms with Crippen molar-refractivity contribution < 1.29 is 4.79 Å². The smallest absolute Gasteiger partial charge is 0.220 e. The molecule has 1 aromatic carbocycles. The van der Waals surface area contributed by atoms with E-state index in [2.05, 4.69) is 48.7 Å². The fourth-order valence-electron chi connectivity index (χ4n) is 3.00. The molecule has 1 heterocycles. The zero-order valence-corrected chi connectivity index (χ0v) is 14.5. The zero-order valence-electron chi connectivity index (χ0n) is 13.7. The van der Waals surface area contributed by atoms with Gasteiger partial charge in [-0.15, -0.1) is 12.4 Å². The van der Waals surface area contributed by atoms with E-state index < -0.39 is 0 Å². The first-order valence-corrected chi connectivity index (χ1v) is 8.18. The molecule has 3 nitrogen and oxygen atoms in total. The van der Waals surface area contributed by atoms with Crippen LogP contribution in [0.25, 0.3) is 0 Å². The number of piperidine rings is 1. The molecule has 2 N–H and O–H groups in total. The van der Waals surface area contributed by atoms with Crippen molar-refractivity contribution in [1.29, 1.82) is 0 Å². The molecule has 124 valence electrons. The predicted molar refractivity (Wildman–Crippen MR) is 94.5 cm³/mol. The molecule has 2 unspecified atom stereocenters. The van der Waals surface area contributed by atoms with Crippen molar-refractivity contribution >= 4 is 18.3 Å². The number of nitrogens with one attached hydrogen (secondary N) is 2. The lowest BCUT2D eigenvalue weighted by Crippen LogP contribution is -2.36. The van der Waals surface area contributed by atoms with Crippen LogP contribution in [0.2, 0.25) is 0 Å². The monoisotopic (exact) mass is 324 g/mol. The first kappa shape index (κ1) is 19.0. The average molecular weight is 325 g/mol. The van der Waals surface area contributed by atoms with Gasteiger partial charge in [-0.2, -0.15) is 0 Å². The van der Waals surface area contributed by atoms with Crippen LogP contribution in [0.15, 0.2) is 24.3 Å². The normalized spacial score (nSPS) is 19.1. The maximum absolute atomic E-state index is 12.0. The third-order valence-electron chi connectivity index (χ3n) is 4.50. The number of hydrogen-bond donors (Lipinski definition) is 2. The van der Waals surface area contributed by atoms with E-state index in [0.29, 0.717) is 18.3 Å². The maximum atomic E-state index is 12.0. The van der Waals surface area contributed by atoms with Gasteiger partial charge in [0.05, 0.1) is 0 Å². The molecule has 2 atom stereocenters. The number of amides is 1. The number of carbonyl (C=O) groups excluding carboxylic acids is 1. The molecule has 0 aliphatic carbocycles. The van der Waals surface area contributed by atoms with Crippen molar-refractivity contribution in [3.8, 4) is 0 Å². The molecule has 1 fully saturated rings. The van der Waals surface area contributed by atoms with Crippen LogP contribution in [0.4, 0.5) is 0 Å². The van der Waals surface area contributed by atoms with Crippen molar-refractivity contribution in [1.82, 2.24) is 10.6 Å². The summed E-state index contributed by atoms with van der Waals surface area (Å²) in [6.07, 6.45) is 4.06. The maximum Gasteiger partial charge on any atom is 0.220 e. The Morgan fingerprint density at radius 2 is 2.09 bits per heavy atom. The Hall–Kier alpha value is -1.06. The van der Waals surface area contributed by atoms with Crippen molar-refractivity contribution in [2.45, 2.75) is 39.5 Å². The fraction of sp³-hybridized carbons (Fsp3) is 0.611. The molecule has 2 rings (SSSR count). The second-order valence-corrected chi connectivity index (χ2v) is 6.37. The SMILES string of the molecule is Cc1ccc(CCNC(=O)CC(C)C2CCCNC2)cc1.Cl. The number of halogens is 1. The number of hydrogen-bond acceptors (Lipinski definition) is 2. The van der Waals surface area contributed by atoms with Crippen LogP contribution in [0.5, 0.6) is 0 Å². The van der Waals surface area contributed by atoms with E-state index in [1.807, 2.05) is 0 Å². The van der Waals surface area contributed by atoms with Gasteiger partial charge < -0.3 is 10.6 Å². The summed E-state index contributed by atoms with van der Waals surface area (Å²) in [6.45, 7) is 7.23. The highest BCUT2D eigenvalue weighted by atomic mass is 35.5. The zero-order chi connectivity index (χ0) is 15.1. The first-order chi connectivity index (χ1) is 10.1. The van der Waals surface area contributed by atoms with Gasteiger partial charge in [-0.1, -0.05) is 36.8 Å². The molecule has 1 aromatic rings. The molecular formula is C18H29ClN2O. The Morgan fingerprint density at radius 1 is 1.36 bits per heavy atom. The Balaban J connectivity index is 0.00000242. The van der Waals surface area contributed by atoms with E-state index >= 15 is 0 Å². The molecule has 0 aromatic heterocycles. The minimum Gasteiger partial charge on any atom is -0.356 e. The van der Waals surface area contributed by atoms with Crippen LogP contribution in [-0.2, 0) is 11.2 Å².